The topological polar surface area (TPSA) is 78.9 Å². The highest BCUT2D eigenvalue weighted by molar-refractivity contribution is 5.71. The highest BCUT2D eigenvalue weighted by atomic mass is 16.6. The molecule has 0 radical (unpaired) electrons. The lowest BCUT2D eigenvalue weighted by atomic mass is 10.1. The quantitative estimate of drug-likeness (QED) is 0.0261. The summed E-state index contributed by atoms with van der Waals surface area (Å²) in [6.45, 7) is 6.45. The molecule has 0 saturated carbocycles. The molecule has 0 bridgehead atoms. The Kier molecular flexibility index (Phi) is 65.4. The van der Waals surface area contributed by atoms with Crippen LogP contribution in [0.25, 0.3) is 0 Å². The third-order valence-electron chi connectivity index (χ3n) is 14.0. The van der Waals surface area contributed by atoms with E-state index in [1.165, 1.54) is 89.9 Å². The molecule has 0 saturated heterocycles. The summed E-state index contributed by atoms with van der Waals surface area (Å²) in [4.78, 5) is 38.5. The van der Waals surface area contributed by atoms with Crippen molar-refractivity contribution in [1.29, 1.82) is 0 Å². The molecule has 0 aliphatic rings. The van der Waals surface area contributed by atoms with E-state index in [-0.39, 0.29) is 31.1 Å². The average molecular weight is 1150 g/mol. The second kappa shape index (κ2) is 69.5. The third kappa shape index (κ3) is 67.7. The summed E-state index contributed by atoms with van der Waals surface area (Å²) < 4.78 is 16.9. The summed E-state index contributed by atoms with van der Waals surface area (Å²) in [6.07, 6.45) is 101. The normalized spacial score (nSPS) is 13.1. The molecule has 0 fully saturated rings. The first kappa shape index (κ1) is 78.0. The van der Waals surface area contributed by atoms with Gasteiger partial charge in [0.25, 0.3) is 0 Å². The minimum absolute atomic E-state index is 0.108. The van der Waals surface area contributed by atoms with Crippen LogP contribution in [-0.4, -0.2) is 37.2 Å². The van der Waals surface area contributed by atoms with Gasteiger partial charge in [0.2, 0.25) is 0 Å². The van der Waals surface area contributed by atoms with Gasteiger partial charge in [-0.25, -0.2) is 0 Å². The fourth-order valence-corrected chi connectivity index (χ4v) is 8.91. The highest BCUT2D eigenvalue weighted by Gasteiger charge is 2.19. The molecule has 468 valence electrons. The molecule has 6 heteroatoms. The predicted octanol–water partition coefficient (Wildman–Crippen LogP) is 23.7. The van der Waals surface area contributed by atoms with E-state index in [4.69, 9.17) is 14.2 Å². The van der Waals surface area contributed by atoms with Crippen LogP contribution in [-0.2, 0) is 28.6 Å². The Bertz CT molecular complexity index is 1840. The molecule has 0 spiro atoms. The van der Waals surface area contributed by atoms with E-state index < -0.39 is 6.10 Å². The molecule has 0 aromatic heterocycles. The molecular formula is C77H124O6. The first-order valence-electron chi connectivity index (χ1n) is 34.0. The molecule has 0 amide bonds. The molecule has 0 heterocycles. The Hall–Kier alpha value is -4.97. The van der Waals surface area contributed by atoms with Gasteiger partial charge in [-0.05, 0) is 154 Å². The molecule has 0 rings (SSSR count). The van der Waals surface area contributed by atoms with E-state index in [0.717, 1.165) is 161 Å². The van der Waals surface area contributed by atoms with E-state index in [1.807, 2.05) is 0 Å². The van der Waals surface area contributed by atoms with Crippen molar-refractivity contribution in [2.45, 2.75) is 297 Å². The Balaban J connectivity index is 4.54. The molecular weight excluding hydrogens is 1020 g/mol. The summed E-state index contributed by atoms with van der Waals surface area (Å²) in [5, 5.41) is 0. The third-order valence-corrected chi connectivity index (χ3v) is 14.0. The first-order chi connectivity index (χ1) is 41.0. The van der Waals surface area contributed by atoms with Crippen LogP contribution in [0.1, 0.15) is 290 Å². The SMILES string of the molecule is CC/C=C\C/C=C\C/C=C\C/C=C\C/C=C\C/C=C\C/C=C\CCCCCC(=O)OCC(COC(=O)CCCCCCCC/C=C\C/C=C\C/C=C\CCCCC)OC(=O)CCCCCCCC/C=C\C/C=C\C/C=C\CCCCCCC. The lowest BCUT2D eigenvalue weighted by molar-refractivity contribution is -0.167. The molecule has 1 atom stereocenters. The maximum absolute atomic E-state index is 13.0. The van der Waals surface area contributed by atoms with Gasteiger partial charge in [0.05, 0.1) is 0 Å². The zero-order valence-electron chi connectivity index (χ0n) is 53.7. The maximum atomic E-state index is 13.0. The minimum Gasteiger partial charge on any atom is -0.462 e. The van der Waals surface area contributed by atoms with Crippen LogP contribution in [0.5, 0.6) is 0 Å². The number of rotatable bonds is 60. The zero-order valence-corrected chi connectivity index (χ0v) is 53.7. The second-order valence-corrected chi connectivity index (χ2v) is 22.0. The molecule has 0 aliphatic heterocycles. The summed E-state index contributed by atoms with van der Waals surface area (Å²) in [6, 6.07) is 0. The monoisotopic (exact) mass is 1140 g/mol. The molecule has 0 aliphatic carbocycles. The smallest absolute Gasteiger partial charge is 0.306 e. The van der Waals surface area contributed by atoms with Gasteiger partial charge in [-0.15, -0.1) is 0 Å². The largest absolute Gasteiger partial charge is 0.462 e. The Morgan fingerprint density at radius 2 is 0.470 bits per heavy atom. The summed E-state index contributed by atoms with van der Waals surface area (Å²) in [5.74, 6) is -0.965. The van der Waals surface area contributed by atoms with Crippen LogP contribution < -0.4 is 0 Å². The van der Waals surface area contributed by atoms with E-state index in [1.54, 1.807) is 0 Å². The van der Waals surface area contributed by atoms with Crippen LogP contribution >= 0.6 is 0 Å². The second-order valence-electron chi connectivity index (χ2n) is 22.0. The molecule has 0 aromatic rings. The number of unbranched alkanes of at least 4 members (excludes halogenated alkanes) is 23. The Labute approximate surface area is 511 Å². The van der Waals surface area contributed by atoms with Crippen molar-refractivity contribution in [3.8, 4) is 0 Å². The number of hydrogen-bond acceptors (Lipinski definition) is 6. The lowest BCUT2D eigenvalue weighted by Crippen LogP contribution is -2.30. The number of ether oxygens (including phenoxy) is 3. The lowest BCUT2D eigenvalue weighted by Gasteiger charge is -2.18. The number of carbonyl (C=O) groups is 3. The van der Waals surface area contributed by atoms with Gasteiger partial charge >= 0.3 is 17.9 Å². The van der Waals surface area contributed by atoms with Crippen molar-refractivity contribution >= 4 is 17.9 Å². The van der Waals surface area contributed by atoms with Gasteiger partial charge in [0.1, 0.15) is 13.2 Å². The fraction of sp³-hybridized carbons (Fsp3) is 0.623. The number of carbonyl (C=O) groups excluding carboxylic acids is 3. The van der Waals surface area contributed by atoms with Gasteiger partial charge in [0.15, 0.2) is 6.10 Å². The first-order valence-corrected chi connectivity index (χ1v) is 34.0. The van der Waals surface area contributed by atoms with E-state index in [0.29, 0.717) is 19.3 Å². The van der Waals surface area contributed by atoms with Gasteiger partial charge in [-0.3, -0.25) is 14.4 Å². The van der Waals surface area contributed by atoms with Crippen LogP contribution in [0.15, 0.2) is 158 Å². The van der Waals surface area contributed by atoms with Gasteiger partial charge in [-0.2, -0.15) is 0 Å². The standard InChI is InChI=1S/C77H124O6/c1-4-7-10-13-16-19-22-25-28-31-34-36-37-38-39-41-43-46-49-52-55-58-61-64-67-70-76(79)82-73-74(72-81-75(78)69-66-63-60-57-54-51-48-45-42-33-30-27-24-21-18-15-12-9-6-3)83-77(80)71-68-65-62-59-56-53-50-47-44-40-35-32-29-26-23-20-17-14-11-8-5-2/h7,10,16,18-19,21,23,25-28,30,32,34-36,38-39,42-47,52,55,74H,4-6,8-9,11-15,17,20,22,24,29,31,33,37,40-41,48-51,53-54,56-73H2,1-3H3/b10-7-,19-16-,21-18-,26-23-,28-25-,30-27-,35-32-,36-34-,39-38-,45-42-,46-43-,47-44-,55-52-. The Morgan fingerprint density at radius 3 is 0.771 bits per heavy atom. The minimum atomic E-state index is -0.815. The van der Waals surface area contributed by atoms with Gasteiger partial charge < -0.3 is 14.2 Å². The van der Waals surface area contributed by atoms with E-state index >= 15 is 0 Å². The van der Waals surface area contributed by atoms with Crippen LogP contribution in [0.4, 0.5) is 0 Å². The number of esters is 3. The van der Waals surface area contributed by atoms with Gasteiger partial charge in [-0.1, -0.05) is 275 Å². The summed E-state index contributed by atoms with van der Waals surface area (Å²) >= 11 is 0. The van der Waals surface area contributed by atoms with Crippen molar-refractivity contribution in [2.24, 2.45) is 0 Å². The Morgan fingerprint density at radius 1 is 0.253 bits per heavy atom. The molecule has 6 nitrogen and oxygen atoms in total. The van der Waals surface area contributed by atoms with Crippen molar-refractivity contribution < 1.29 is 28.6 Å². The predicted molar refractivity (Wildman–Crippen MR) is 362 cm³/mol. The van der Waals surface area contributed by atoms with Crippen molar-refractivity contribution in [3.05, 3.63) is 158 Å². The van der Waals surface area contributed by atoms with Crippen molar-refractivity contribution in [3.63, 3.8) is 0 Å². The molecule has 1 unspecified atom stereocenters. The van der Waals surface area contributed by atoms with Crippen LogP contribution in [0.2, 0.25) is 0 Å². The van der Waals surface area contributed by atoms with E-state index in [9.17, 15) is 14.4 Å². The van der Waals surface area contributed by atoms with Crippen LogP contribution in [0.3, 0.4) is 0 Å². The number of allylic oxidation sites excluding steroid dienone is 26. The molecule has 0 N–H and O–H groups in total. The van der Waals surface area contributed by atoms with E-state index in [2.05, 4.69) is 179 Å². The van der Waals surface area contributed by atoms with Crippen molar-refractivity contribution in [2.75, 3.05) is 13.2 Å². The summed E-state index contributed by atoms with van der Waals surface area (Å²) in [5.41, 5.74) is 0. The highest BCUT2D eigenvalue weighted by Crippen LogP contribution is 2.14. The van der Waals surface area contributed by atoms with Crippen LogP contribution in [0, 0.1) is 0 Å². The van der Waals surface area contributed by atoms with Crippen molar-refractivity contribution in [1.82, 2.24) is 0 Å². The molecule has 0 aromatic carbocycles. The fourth-order valence-electron chi connectivity index (χ4n) is 8.91. The number of hydrogen-bond donors (Lipinski definition) is 0. The zero-order chi connectivity index (χ0) is 59.9. The average Bonchev–Trinajstić information content (AvgIpc) is 3.50. The summed E-state index contributed by atoms with van der Waals surface area (Å²) in [7, 11) is 0. The van der Waals surface area contributed by atoms with Gasteiger partial charge in [0, 0.05) is 19.3 Å². The maximum Gasteiger partial charge on any atom is 0.306 e. The molecule has 83 heavy (non-hydrogen) atoms.